The monoisotopic (exact) mass is 360 g/mol. The SMILES string of the molecule is O=C1CN(S(=O)(=O)c2cccc(C(=O)Nc3ccncc3)c2)CCN1. The molecular formula is C16H16N4O4S. The fraction of sp³-hybridized carbons (Fsp3) is 0.188. The van der Waals surface area contributed by atoms with Gasteiger partial charge < -0.3 is 10.6 Å². The lowest BCUT2D eigenvalue weighted by atomic mass is 10.2. The van der Waals surface area contributed by atoms with Crippen molar-refractivity contribution in [3.8, 4) is 0 Å². The number of nitrogens with one attached hydrogen (secondary N) is 2. The highest BCUT2D eigenvalue weighted by atomic mass is 32.2. The molecule has 0 saturated carbocycles. The fourth-order valence-corrected chi connectivity index (χ4v) is 3.85. The molecule has 1 aliphatic heterocycles. The average molecular weight is 360 g/mol. The number of carbonyl (C=O) groups excluding carboxylic acids is 2. The van der Waals surface area contributed by atoms with Crippen LogP contribution in [-0.4, -0.2) is 49.2 Å². The largest absolute Gasteiger partial charge is 0.354 e. The molecule has 2 amide bonds. The van der Waals surface area contributed by atoms with Crippen LogP contribution >= 0.6 is 0 Å². The summed E-state index contributed by atoms with van der Waals surface area (Å²) in [5.41, 5.74) is 0.764. The number of carbonyl (C=O) groups is 2. The number of benzene rings is 1. The quantitative estimate of drug-likeness (QED) is 0.823. The van der Waals surface area contributed by atoms with Gasteiger partial charge in [-0.25, -0.2) is 8.42 Å². The van der Waals surface area contributed by atoms with Gasteiger partial charge in [0.2, 0.25) is 15.9 Å². The number of amides is 2. The zero-order valence-electron chi connectivity index (χ0n) is 13.2. The van der Waals surface area contributed by atoms with E-state index in [4.69, 9.17) is 0 Å². The molecule has 1 fully saturated rings. The molecule has 25 heavy (non-hydrogen) atoms. The van der Waals surface area contributed by atoms with Crippen molar-refractivity contribution in [1.29, 1.82) is 0 Å². The summed E-state index contributed by atoms with van der Waals surface area (Å²) in [5.74, 6) is -0.777. The molecule has 0 unspecified atom stereocenters. The van der Waals surface area contributed by atoms with Gasteiger partial charge in [-0.15, -0.1) is 0 Å². The van der Waals surface area contributed by atoms with E-state index >= 15 is 0 Å². The summed E-state index contributed by atoms with van der Waals surface area (Å²) in [7, 11) is -3.84. The van der Waals surface area contributed by atoms with E-state index in [2.05, 4.69) is 15.6 Å². The maximum absolute atomic E-state index is 12.7. The Morgan fingerprint density at radius 3 is 2.68 bits per heavy atom. The normalized spacial score (nSPS) is 15.4. The van der Waals surface area contributed by atoms with E-state index in [1.165, 1.54) is 36.7 Å². The van der Waals surface area contributed by atoms with Crippen LogP contribution in [0.15, 0.2) is 53.7 Å². The van der Waals surface area contributed by atoms with Crippen LogP contribution in [0.2, 0.25) is 0 Å². The third kappa shape index (κ3) is 3.83. The second-order valence-electron chi connectivity index (χ2n) is 5.41. The predicted octanol–water partition coefficient (Wildman–Crippen LogP) is 0.454. The van der Waals surface area contributed by atoms with E-state index in [1.807, 2.05) is 0 Å². The van der Waals surface area contributed by atoms with Gasteiger partial charge in [0.25, 0.3) is 5.91 Å². The van der Waals surface area contributed by atoms with Gasteiger partial charge in [0.15, 0.2) is 0 Å². The molecule has 0 atom stereocenters. The van der Waals surface area contributed by atoms with Crippen LogP contribution in [0.3, 0.4) is 0 Å². The molecule has 2 aromatic rings. The van der Waals surface area contributed by atoms with Crippen molar-refractivity contribution in [2.75, 3.05) is 25.0 Å². The summed E-state index contributed by atoms with van der Waals surface area (Å²) in [5, 5.41) is 5.25. The number of piperazine rings is 1. The lowest BCUT2D eigenvalue weighted by molar-refractivity contribution is -0.122. The molecule has 9 heteroatoms. The number of anilines is 1. The van der Waals surface area contributed by atoms with Crippen molar-refractivity contribution in [3.05, 3.63) is 54.4 Å². The molecule has 1 aromatic heterocycles. The smallest absolute Gasteiger partial charge is 0.255 e. The maximum Gasteiger partial charge on any atom is 0.255 e. The standard InChI is InChI=1S/C16H16N4O4S/c21-15-11-20(9-8-18-15)25(23,24)14-3-1-2-12(10-14)16(22)19-13-4-6-17-7-5-13/h1-7,10H,8-9,11H2,(H,18,21)(H,17,19,22). The molecule has 3 rings (SSSR count). The number of nitrogens with zero attached hydrogens (tertiary/aromatic N) is 2. The van der Waals surface area contributed by atoms with Crippen LogP contribution in [0.5, 0.6) is 0 Å². The number of rotatable bonds is 4. The van der Waals surface area contributed by atoms with E-state index in [0.29, 0.717) is 5.69 Å². The van der Waals surface area contributed by atoms with Crippen molar-refractivity contribution in [3.63, 3.8) is 0 Å². The van der Waals surface area contributed by atoms with Crippen LogP contribution in [0, 0.1) is 0 Å². The molecule has 130 valence electrons. The first kappa shape index (κ1) is 17.1. The van der Waals surface area contributed by atoms with E-state index < -0.39 is 15.9 Å². The molecule has 0 bridgehead atoms. The Hall–Kier alpha value is -2.78. The van der Waals surface area contributed by atoms with Crippen molar-refractivity contribution in [1.82, 2.24) is 14.6 Å². The third-order valence-electron chi connectivity index (χ3n) is 3.68. The van der Waals surface area contributed by atoms with Crippen LogP contribution < -0.4 is 10.6 Å². The highest BCUT2D eigenvalue weighted by Crippen LogP contribution is 2.18. The molecule has 0 aliphatic carbocycles. The third-order valence-corrected chi connectivity index (χ3v) is 5.52. The highest BCUT2D eigenvalue weighted by Gasteiger charge is 2.29. The molecule has 0 spiro atoms. The number of hydrogen-bond acceptors (Lipinski definition) is 5. The van der Waals surface area contributed by atoms with Gasteiger partial charge in [0, 0.05) is 36.7 Å². The molecule has 0 radical (unpaired) electrons. The van der Waals surface area contributed by atoms with Gasteiger partial charge in [0.05, 0.1) is 11.4 Å². The topological polar surface area (TPSA) is 108 Å². The molecule has 1 saturated heterocycles. The molecule has 1 aliphatic rings. The summed E-state index contributed by atoms with van der Waals surface area (Å²) < 4.78 is 26.4. The molecule has 8 nitrogen and oxygen atoms in total. The van der Waals surface area contributed by atoms with Crippen molar-refractivity contribution in [2.24, 2.45) is 0 Å². The molecular weight excluding hydrogens is 344 g/mol. The number of hydrogen-bond donors (Lipinski definition) is 2. The first-order chi connectivity index (χ1) is 12.0. The Balaban J connectivity index is 1.83. The second-order valence-corrected chi connectivity index (χ2v) is 7.34. The fourth-order valence-electron chi connectivity index (χ4n) is 2.41. The van der Waals surface area contributed by atoms with Crippen LogP contribution in [0.1, 0.15) is 10.4 Å². The van der Waals surface area contributed by atoms with E-state index in [9.17, 15) is 18.0 Å². The first-order valence-corrected chi connectivity index (χ1v) is 8.99. The van der Waals surface area contributed by atoms with Gasteiger partial charge in [0.1, 0.15) is 0 Å². The van der Waals surface area contributed by atoms with Gasteiger partial charge in [-0.3, -0.25) is 14.6 Å². The Bertz CT molecular complexity index is 899. The molecule has 2 N–H and O–H groups in total. The average Bonchev–Trinajstić information content (AvgIpc) is 2.62. The van der Waals surface area contributed by atoms with Gasteiger partial charge in [-0.05, 0) is 30.3 Å². The van der Waals surface area contributed by atoms with Gasteiger partial charge in [-0.1, -0.05) is 6.07 Å². The number of aromatic nitrogens is 1. The minimum atomic E-state index is -3.84. The zero-order valence-corrected chi connectivity index (χ0v) is 14.0. The molecule has 2 heterocycles. The maximum atomic E-state index is 12.7. The lowest BCUT2D eigenvalue weighted by Gasteiger charge is -2.26. The van der Waals surface area contributed by atoms with Gasteiger partial charge >= 0.3 is 0 Å². The second kappa shape index (κ2) is 6.99. The van der Waals surface area contributed by atoms with Crippen LogP contribution in [0.4, 0.5) is 5.69 Å². The minimum absolute atomic E-state index is 0.0235. The Morgan fingerprint density at radius 2 is 1.96 bits per heavy atom. The van der Waals surface area contributed by atoms with Crippen molar-refractivity contribution in [2.45, 2.75) is 4.90 Å². The van der Waals surface area contributed by atoms with E-state index in [1.54, 1.807) is 12.1 Å². The lowest BCUT2D eigenvalue weighted by Crippen LogP contribution is -2.49. The van der Waals surface area contributed by atoms with Crippen molar-refractivity contribution >= 4 is 27.5 Å². The zero-order chi connectivity index (χ0) is 17.9. The summed E-state index contributed by atoms with van der Waals surface area (Å²) in [6.07, 6.45) is 3.08. The summed E-state index contributed by atoms with van der Waals surface area (Å²) in [6.45, 7) is 0.234. The molecule has 1 aromatic carbocycles. The number of sulfonamides is 1. The summed E-state index contributed by atoms with van der Waals surface area (Å²) in [4.78, 5) is 27.6. The summed E-state index contributed by atoms with van der Waals surface area (Å²) in [6, 6.07) is 9.00. The highest BCUT2D eigenvalue weighted by molar-refractivity contribution is 7.89. The predicted molar refractivity (Wildman–Crippen MR) is 90.4 cm³/mol. The Morgan fingerprint density at radius 1 is 1.20 bits per heavy atom. The van der Waals surface area contributed by atoms with E-state index in [0.717, 1.165) is 4.31 Å². The number of pyridine rings is 1. The Labute approximate surface area is 144 Å². The van der Waals surface area contributed by atoms with Crippen LogP contribution in [0.25, 0.3) is 0 Å². The Kier molecular flexibility index (Phi) is 4.77. The summed E-state index contributed by atoms with van der Waals surface area (Å²) >= 11 is 0. The minimum Gasteiger partial charge on any atom is -0.354 e. The van der Waals surface area contributed by atoms with Gasteiger partial charge in [-0.2, -0.15) is 4.31 Å². The first-order valence-electron chi connectivity index (χ1n) is 7.55. The van der Waals surface area contributed by atoms with Crippen LogP contribution in [-0.2, 0) is 14.8 Å². The van der Waals surface area contributed by atoms with Crippen molar-refractivity contribution < 1.29 is 18.0 Å². The van der Waals surface area contributed by atoms with E-state index in [-0.39, 0.29) is 36.0 Å².